The molecule has 0 atom stereocenters. The third kappa shape index (κ3) is 3.45. The summed E-state index contributed by atoms with van der Waals surface area (Å²) >= 11 is 0. The van der Waals surface area contributed by atoms with E-state index in [1.54, 1.807) is 0 Å². The molecule has 0 aliphatic carbocycles. The molecule has 0 aromatic heterocycles. The number of nitrogens with one attached hydrogen (secondary N) is 1. The van der Waals surface area contributed by atoms with Gasteiger partial charge in [0.05, 0.1) is 25.3 Å². The Bertz CT molecular complexity index is 486. The number of hydrogen-bond acceptors (Lipinski definition) is 5. The summed E-state index contributed by atoms with van der Waals surface area (Å²) in [5.41, 5.74) is 5.94. The molecule has 0 spiro atoms. The Morgan fingerprint density at radius 3 is 2.21 bits per heavy atom. The summed E-state index contributed by atoms with van der Waals surface area (Å²) in [6, 6.07) is 2.99. The molecule has 1 amide bonds. The first-order valence-corrected chi connectivity index (χ1v) is 5.80. The van der Waals surface area contributed by atoms with Crippen molar-refractivity contribution in [2.24, 2.45) is 5.73 Å². The predicted octanol–water partition coefficient (Wildman–Crippen LogP) is 0.595. The van der Waals surface area contributed by atoms with E-state index in [-0.39, 0.29) is 17.3 Å². The van der Waals surface area contributed by atoms with Crippen LogP contribution >= 0.6 is 0 Å². The summed E-state index contributed by atoms with van der Waals surface area (Å²) in [5.74, 6) is 0.191. The molecule has 6 heteroatoms. The highest BCUT2D eigenvalue weighted by Crippen LogP contribution is 2.29. The maximum atomic E-state index is 12.0. The monoisotopic (exact) mass is 266 g/mol. The number of Topliss-reactive ketones (excluding diaryl/α,β-unsaturated/α-hetero) is 1. The molecule has 0 aliphatic heterocycles. The van der Waals surface area contributed by atoms with Gasteiger partial charge in [-0.05, 0) is 13.0 Å². The average molecular weight is 266 g/mol. The number of ketones is 1. The zero-order valence-corrected chi connectivity index (χ0v) is 11.3. The van der Waals surface area contributed by atoms with Gasteiger partial charge in [0.2, 0.25) is 0 Å². The van der Waals surface area contributed by atoms with Gasteiger partial charge >= 0.3 is 0 Å². The number of benzene rings is 1. The van der Waals surface area contributed by atoms with Crippen LogP contribution in [-0.4, -0.2) is 39.0 Å². The second-order valence-corrected chi connectivity index (χ2v) is 3.85. The second-order valence-electron chi connectivity index (χ2n) is 3.85. The van der Waals surface area contributed by atoms with Crippen LogP contribution in [-0.2, 0) is 0 Å². The molecule has 0 saturated heterocycles. The molecule has 0 aliphatic rings. The number of hydrogen-bond donors (Lipinski definition) is 2. The van der Waals surface area contributed by atoms with Gasteiger partial charge in [0.15, 0.2) is 5.78 Å². The summed E-state index contributed by atoms with van der Waals surface area (Å²) in [4.78, 5) is 23.5. The number of amides is 1. The van der Waals surface area contributed by atoms with Gasteiger partial charge in [0.1, 0.15) is 11.5 Å². The second kappa shape index (κ2) is 6.75. The molecular weight excluding hydrogens is 248 g/mol. The van der Waals surface area contributed by atoms with Crippen LogP contribution in [0.15, 0.2) is 12.1 Å². The molecule has 0 heterocycles. The fraction of sp³-hybridized carbons (Fsp3) is 0.385. The minimum Gasteiger partial charge on any atom is -0.496 e. The van der Waals surface area contributed by atoms with Gasteiger partial charge in [0.25, 0.3) is 5.91 Å². The van der Waals surface area contributed by atoms with Crippen molar-refractivity contribution in [3.63, 3.8) is 0 Å². The lowest BCUT2D eigenvalue weighted by atomic mass is 10.0. The number of rotatable bonds is 6. The Labute approximate surface area is 111 Å². The van der Waals surface area contributed by atoms with Crippen molar-refractivity contribution in [1.82, 2.24) is 5.32 Å². The largest absolute Gasteiger partial charge is 0.496 e. The number of carbonyl (C=O) groups excluding carboxylic acids is 2. The van der Waals surface area contributed by atoms with Crippen LogP contribution in [0.5, 0.6) is 11.5 Å². The lowest BCUT2D eigenvalue weighted by Crippen LogP contribution is -2.29. The average Bonchev–Trinajstić information content (AvgIpc) is 2.42. The van der Waals surface area contributed by atoms with Gasteiger partial charge in [-0.3, -0.25) is 9.59 Å². The van der Waals surface area contributed by atoms with E-state index in [4.69, 9.17) is 15.2 Å². The van der Waals surface area contributed by atoms with Crippen molar-refractivity contribution < 1.29 is 19.1 Å². The maximum absolute atomic E-state index is 12.0. The van der Waals surface area contributed by atoms with E-state index in [1.807, 2.05) is 0 Å². The van der Waals surface area contributed by atoms with E-state index in [0.717, 1.165) is 0 Å². The van der Waals surface area contributed by atoms with Crippen LogP contribution in [0.2, 0.25) is 0 Å². The fourth-order valence-electron chi connectivity index (χ4n) is 1.63. The first-order valence-electron chi connectivity index (χ1n) is 5.80. The third-order valence-corrected chi connectivity index (χ3v) is 2.58. The van der Waals surface area contributed by atoms with Crippen molar-refractivity contribution in [2.75, 3.05) is 27.3 Å². The summed E-state index contributed by atoms with van der Waals surface area (Å²) < 4.78 is 10.3. The van der Waals surface area contributed by atoms with Gasteiger partial charge in [-0.1, -0.05) is 0 Å². The lowest BCUT2D eigenvalue weighted by Gasteiger charge is -2.13. The van der Waals surface area contributed by atoms with E-state index >= 15 is 0 Å². The van der Waals surface area contributed by atoms with Crippen molar-refractivity contribution in [3.05, 3.63) is 23.3 Å². The van der Waals surface area contributed by atoms with E-state index in [2.05, 4.69) is 5.32 Å². The normalized spacial score (nSPS) is 9.89. The molecule has 19 heavy (non-hydrogen) atoms. The molecule has 0 radical (unpaired) electrons. The molecule has 1 aromatic rings. The fourth-order valence-corrected chi connectivity index (χ4v) is 1.63. The number of ether oxygens (including phenoxy) is 2. The van der Waals surface area contributed by atoms with Crippen LogP contribution in [0, 0.1) is 0 Å². The van der Waals surface area contributed by atoms with Crippen LogP contribution in [0.3, 0.4) is 0 Å². The Kier molecular flexibility index (Phi) is 5.32. The highest BCUT2D eigenvalue weighted by Gasteiger charge is 2.18. The molecule has 6 nitrogen and oxygen atoms in total. The van der Waals surface area contributed by atoms with Crippen molar-refractivity contribution in [2.45, 2.75) is 6.92 Å². The SMILES string of the molecule is COc1cc(OC)c(C(=O)NCCN)cc1C(C)=O. The van der Waals surface area contributed by atoms with E-state index in [0.29, 0.717) is 30.2 Å². The first-order chi connectivity index (χ1) is 9.04. The molecule has 104 valence electrons. The van der Waals surface area contributed by atoms with Crippen LogP contribution in [0.1, 0.15) is 27.6 Å². The summed E-state index contributed by atoms with van der Waals surface area (Å²) in [5, 5.41) is 2.63. The number of carbonyl (C=O) groups is 2. The first kappa shape index (κ1) is 15.0. The van der Waals surface area contributed by atoms with Gasteiger partial charge in [0, 0.05) is 19.2 Å². The van der Waals surface area contributed by atoms with Gasteiger partial charge in [-0.15, -0.1) is 0 Å². The topological polar surface area (TPSA) is 90.7 Å². The Hall–Kier alpha value is -2.08. The lowest BCUT2D eigenvalue weighted by molar-refractivity contribution is 0.0951. The Balaban J connectivity index is 3.25. The van der Waals surface area contributed by atoms with E-state index < -0.39 is 0 Å². The number of nitrogens with two attached hydrogens (primary N) is 1. The molecule has 0 unspecified atom stereocenters. The van der Waals surface area contributed by atoms with Gasteiger partial charge < -0.3 is 20.5 Å². The quantitative estimate of drug-likeness (QED) is 0.736. The van der Waals surface area contributed by atoms with E-state index in [9.17, 15) is 9.59 Å². The minimum atomic E-state index is -0.340. The molecule has 0 bridgehead atoms. The zero-order chi connectivity index (χ0) is 14.4. The van der Waals surface area contributed by atoms with E-state index in [1.165, 1.54) is 33.3 Å². The third-order valence-electron chi connectivity index (χ3n) is 2.58. The summed E-state index contributed by atoms with van der Waals surface area (Å²) in [7, 11) is 2.90. The summed E-state index contributed by atoms with van der Waals surface area (Å²) in [6.45, 7) is 2.10. The zero-order valence-electron chi connectivity index (χ0n) is 11.3. The molecule has 1 rings (SSSR count). The van der Waals surface area contributed by atoms with Gasteiger partial charge in [-0.2, -0.15) is 0 Å². The highest BCUT2D eigenvalue weighted by atomic mass is 16.5. The minimum absolute atomic E-state index is 0.188. The van der Waals surface area contributed by atoms with Crippen LogP contribution in [0.4, 0.5) is 0 Å². The molecular formula is C13H18N2O4. The van der Waals surface area contributed by atoms with Crippen LogP contribution < -0.4 is 20.5 Å². The highest BCUT2D eigenvalue weighted by molar-refractivity contribution is 6.03. The predicted molar refractivity (Wildman–Crippen MR) is 70.9 cm³/mol. The molecule has 0 saturated carbocycles. The maximum Gasteiger partial charge on any atom is 0.255 e. The molecule has 0 fully saturated rings. The Morgan fingerprint density at radius 1 is 1.16 bits per heavy atom. The smallest absolute Gasteiger partial charge is 0.255 e. The molecule has 1 aromatic carbocycles. The van der Waals surface area contributed by atoms with Crippen LogP contribution in [0.25, 0.3) is 0 Å². The van der Waals surface area contributed by atoms with Crippen molar-refractivity contribution in [3.8, 4) is 11.5 Å². The molecule has 3 N–H and O–H groups in total. The summed E-state index contributed by atoms with van der Waals surface area (Å²) in [6.07, 6.45) is 0. The van der Waals surface area contributed by atoms with Gasteiger partial charge in [-0.25, -0.2) is 0 Å². The number of methoxy groups -OCH3 is 2. The van der Waals surface area contributed by atoms with Crippen molar-refractivity contribution >= 4 is 11.7 Å². The van der Waals surface area contributed by atoms with Crippen molar-refractivity contribution in [1.29, 1.82) is 0 Å². The standard InChI is InChI=1S/C13H18N2O4/c1-8(16)9-6-10(13(17)15-5-4-14)12(19-3)7-11(9)18-2/h6-7H,4-5,14H2,1-3H3,(H,15,17). The Morgan fingerprint density at radius 2 is 1.74 bits per heavy atom.